The van der Waals surface area contributed by atoms with Gasteiger partial charge in [-0.3, -0.25) is 9.69 Å². The molecule has 2 aliphatic heterocycles. The molecule has 2 heterocycles. The Morgan fingerprint density at radius 2 is 1.79 bits per heavy atom. The molecule has 0 aromatic heterocycles. The first kappa shape index (κ1) is 19.9. The van der Waals surface area contributed by atoms with Gasteiger partial charge in [0.15, 0.2) is 0 Å². The molecule has 1 amide bonds. The second-order valence-corrected chi connectivity index (χ2v) is 7.98. The van der Waals surface area contributed by atoms with E-state index in [0.29, 0.717) is 19.1 Å². The lowest BCUT2D eigenvalue weighted by molar-refractivity contribution is -0.117. The van der Waals surface area contributed by atoms with Crippen LogP contribution in [-0.4, -0.2) is 49.8 Å². The van der Waals surface area contributed by atoms with Gasteiger partial charge >= 0.3 is 0 Å². The van der Waals surface area contributed by atoms with E-state index in [4.69, 9.17) is 9.47 Å². The number of rotatable bonds is 7. The van der Waals surface area contributed by atoms with Crippen LogP contribution in [0.25, 0.3) is 0 Å². The maximum atomic E-state index is 12.4. The molecule has 2 saturated heterocycles. The normalized spacial score (nSPS) is 20.5. The van der Waals surface area contributed by atoms with Crippen LogP contribution in [-0.2, 0) is 9.53 Å². The minimum atomic E-state index is 0.0381. The Hall–Kier alpha value is -2.37. The monoisotopic (exact) mass is 394 g/mol. The van der Waals surface area contributed by atoms with Gasteiger partial charge in [-0.2, -0.15) is 0 Å². The first-order valence-electron chi connectivity index (χ1n) is 10.7. The largest absolute Gasteiger partial charge is 0.491 e. The molecule has 2 aromatic carbocycles. The summed E-state index contributed by atoms with van der Waals surface area (Å²) in [4.78, 5) is 14.7. The summed E-state index contributed by atoms with van der Waals surface area (Å²) in [7, 11) is 0. The lowest BCUT2D eigenvalue weighted by Crippen LogP contribution is -2.38. The third-order valence-corrected chi connectivity index (χ3v) is 5.82. The van der Waals surface area contributed by atoms with Crippen LogP contribution in [0, 0.1) is 0 Å². The summed E-state index contributed by atoms with van der Waals surface area (Å²) in [5, 5.41) is 3.00. The number of anilines is 1. The summed E-state index contributed by atoms with van der Waals surface area (Å²) in [6.45, 7) is 3.79. The number of likely N-dealkylation sites (tertiary alicyclic amines) is 1. The van der Waals surface area contributed by atoms with E-state index in [1.807, 2.05) is 24.3 Å². The van der Waals surface area contributed by atoms with Gasteiger partial charge in [-0.1, -0.05) is 30.3 Å². The van der Waals surface area contributed by atoms with Crippen LogP contribution < -0.4 is 10.1 Å². The number of hydrogen-bond acceptors (Lipinski definition) is 4. The van der Waals surface area contributed by atoms with Crippen LogP contribution in [0.3, 0.4) is 0 Å². The Morgan fingerprint density at radius 1 is 1.03 bits per heavy atom. The highest BCUT2D eigenvalue weighted by Crippen LogP contribution is 2.27. The summed E-state index contributed by atoms with van der Waals surface area (Å²) in [6.07, 6.45) is 4.60. The molecule has 1 atom stereocenters. The van der Waals surface area contributed by atoms with E-state index in [0.717, 1.165) is 56.8 Å². The van der Waals surface area contributed by atoms with Gasteiger partial charge in [-0.15, -0.1) is 0 Å². The number of amides is 1. The summed E-state index contributed by atoms with van der Waals surface area (Å²) >= 11 is 0. The van der Waals surface area contributed by atoms with Crippen LogP contribution in [0.15, 0.2) is 54.6 Å². The molecule has 2 aromatic rings. The van der Waals surface area contributed by atoms with Gasteiger partial charge in [0.25, 0.3) is 0 Å². The van der Waals surface area contributed by atoms with Crippen LogP contribution in [0.5, 0.6) is 5.75 Å². The van der Waals surface area contributed by atoms with E-state index in [-0.39, 0.29) is 12.0 Å². The first-order valence-corrected chi connectivity index (χ1v) is 10.7. The van der Waals surface area contributed by atoms with Crippen LogP contribution >= 0.6 is 0 Å². The molecule has 1 unspecified atom stereocenters. The third-order valence-electron chi connectivity index (χ3n) is 5.82. The molecule has 29 heavy (non-hydrogen) atoms. The highest BCUT2D eigenvalue weighted by Gasteiger charge is 2.22. The lowest BCUT2D eigenvalue weighted by Gasteiger charge is -2.31. The van der Waals surface area contributed by atoms with E-state index in [2.05, 4.69) is 40.5 Å². The fourth-order valence-corrected chi connectivity index (χ4v) is 4.15. The molecule has 0 spiro atoms. The minimum absolute atomic E-state index is 0.0381. The Kier molecular flexibility index (Phi) is 6.80. The molecule has 2 aliphatic rings. The van der Waals surface area contributed by atoms with Gasteiger partial charge in [-0.05, 0) is 74.5 Å². The van der Waals surface area contributed by atoms with E-state index < -0.39 is 0 Å². The number of piperidine rings is 1. The number of benzene rings is 2. The SMILES string of the molecule is O=C(CN1CCC(c2ccccc2)CC1)Nc1ccc(OCC2CCCO2)cc1. The molecule has 0 radical (unpaired) electrons. The van der Waals surface area contributed by atoms with Gasteiger partial charge in [0, 0.05) is 12.3 Å². The van der Waals surface area contributed by atoms with Crippen molar-refractivity contribution in [2.75, 3.05) is 38.2 Å². The van der Waals surface area contributed by atoms with Crippen molar-refractivity contribution in [1.29, 1.82) is 0 Å². The predicted molar refractivity (Wildman–Crippen MR) is 114 cm³/mol. The summed E-state index contributed by atoms with van der Waals surface area (Å²) in [5.41, 5.74) is 2.22. The Balaban J connectivity index is 1.19. The van der Waals surface area contributed by atoms with Crippen molar-refractivity contribution < 1.29 is 14.3 Å². The maximum absolute atomic E-state index is 12.4. The average Bonchev–Trinajstić information content (AvgIpc) is 3.28. The zero-order valence-electron chi connectivity index (χ0n) is 16.9. The Bertz CT molecular complexity index is 764. The number of hydrogen-bond donors (Lipinski definition) is 1. The van der Waals surface area contributed by atoms with Gasteiger partial charge < -0.3 is 14.8 Å². The van der Waals surface area contributed by atoms with E-state index in [9.17, 15) is 4.79 Å². The average molecular weight is 395 g/mol. The fraction of sp³-hybridized carbons (Fsp3) is 0.458. The molecule has 0 aliphatic carbocycles. The highest BCUT2D eigenvalue weighted by atomic mass is 16.5. The van der Waals surface area contributed by atoms with E-state index in [1.54, 1.807) is 0 Å². The second kappa shape index (κ2) is 9.90. The van der Waals surface area contributed by atoms with Crippen molar-refractivity contribution in [3.05, 3.63) is 60.2 Å². The van der Waals surface area contributed by atoms with Crippen LogP contribution in [0.1, 0.15) is 37.2 Å². The third kappa shape index (κ3) is 5.81. The molecule has 2 fully saturated rings. The van der Waals surface area contributed by atoms with Crippen LogP contribution in [0.2, 0.25) is 0 Å². The van der Waals surface area contributed by atoms with Gasteiger partial charge in [-0.25, -0.2) is 0 Å². The number of nitrogens with zero attached hydrogens (tertiary/aromatic N) is 1. The number of ether oxygens (including phenoxy) is 2. The zero-order chi connectivity index (χ0) is 19.9. The minimum Gasteiger partial charge on any atom is -0.491 e. The summed E-state index contributed by atoms with van der Waals surface area (Å²) in [5.74, 6) is 1.45. The topological polar surface area (TPSA) is 50.8 Å². The molecular weight excluding hydrogens is 364 g/mol. The number of carbonyl (C=O) groups excluding carboxylic acids is 1. The smallest absolute Gasteiger partial charge is 0.238 e. The van der Waals surface area contributed by atoms with Crippen molar-refractivity contribution in [3.63, 3.8) is 0 Å². The molecule has 5 nitrogen and oxygen atoms in total. The van der Waals surface area contributed by atoms with Gasteiger partial charge in [0.05, 0.1) is 12.6 Å². The zero-order valence-corrected chi connectivity index (χ0v) is 16.9. The van der Waals surface area contributed by atoms with Gasteiger partial charge in [0.2, 0.25) is 5.91 Å². The standard InChI is InChI=1S/C24H30N2O3/c27-24(17-26-14-12-20(13-15-26)19-5-2-1-3-6-19)25-21-8-10-22(11-9-21)29-18-23-7-4-16-28-23/h1-3,5-6,8-11,20,23H,4,7,12-18H2,(H,25,27). The van der Waals surface area contributed by atoms with Gasteiger partial charge in [0.1, 0.15) is 12.4 Å². The number of nitrogens with one attached hydrogen (secondary N) is 1. The predicted octanol–water partition coefficient (Wildman–Crippen LogP) is 4.06. The van der Waals surface area contributed by atoms with Crippen molar-refractivity contribution >= 4 is 11.6 Å². The highest BCUT2D eigenvalue weighted by molar-refractivity contribution is 5.92. The Labute approximate surface area is 173 Å². The summed E-state index contributed by atoms with van der Waals surface area (Å²) < 4.78 is 11.3. The van der Waals surface area contributed by atoms with Crippen molar-refractivity contribution in [2.45, 2.75) is 37.7 Å². The molecule has 0 saturated carbocycles. The number of carbonyl (C=O) groups is 1. The lowest BCUT2D eigenvalue weighted by atomic mass is 9.89. The molecular formula is C24H30N2O3. The molecule has 5 heteroatoms. The van der Waals surface area contributed by atoms with Crippen molar-refractivity contribution in [2.24, 2.45) is 0 Å². The summed E-state index contributed by atoms with van der Waals surface area (Å²) in [6, 6.07) is 18.3. The fourth-order valence-electron chi connectivity index (χ4n) is 4.15. The molecule has 1 N–H and O–H groups in total. The molecule has 4 rings (SSSR count). The molecule has 154 valence electrons. The van der Waals surface area contributed by atoms with Crippen molar-refractivity contribution in [3.8, 4) is 5.75 Å². The van der Waals surface area contributed by atoms with E-state index >= 15 is 0 Å². The molecule has 0 bridgehead atoms. The van der Waals surface area contributed by atoms with Crippen molar-refractivity contribution in [1.82, 2.24) is 4.90 Å². The second-order valence-electron chi connectivity index (χ2n) is 7.98. The Morgan fingerprint density at radius 3 is 2.48 bits per heavy atom. The quantitative estimate of drug-likeness (QED) is 0.769. The first-order chi connectivity index (χ1) is 14.3. The maximum Gasteiger partial charge on any atom is 0.238 e. The van der Waals surface area contributed by atoms with E-state index in [1.165, 1.54) is 5.56 Å². The van der Waals surface area contributed by atoms with Crippen LogP contribution in [0.4, 0.5) is 5.69 Å².